The van der Waals surface area contributed by atoms with E-state index in [4.69, 9.17) is 4.74 Å². The zero-order valence-electron chi connectivity index (χ0n) is 19.8. The molecule has 2 aromatic rings. The lowest BCUT2D eigenvalue weighted by atomic mass is 9.95. The molecule has 1 N–H and O–H groups in total. The van der Waals surface area contributed by atoms with E-state index in [-0.39, 0.29) is 11.3 Å². The van der Waals surface area contributed by atoms with E-state index in [9.17, 15) is 14.7 Å². The molecule has 7 heteroatoms. The van der Waals surface area contributed by atoms with E-state index in [0.29, 0.717) is 31.2 Å². The number of Topliss-reactive ketones (excluding diaryl/α,β-unsaturated/α-hetero) is 1. The Morgan fingerprint density at radius 2 is 1.82 bits per heavy atom. The van der Waals surface area contributed by atoms with Gasteiger partial charge in [0.2, 0.25) is 0 Å². The molecule has 0 bridgehead atoms. The molecule has 0 aromatic heterocycles. The van der Waals surface area contributed by atoms with E-state index in [0.717, 1.165) is 21.3 Å². The molecule has 6 nitrogen and oxygen atoms in total. The van der Waals surface area contributed by atoms with Crippen molar-refractivity contribution in [3.63, 3.8) is 0 Å². The minimum atomic E-state index is -0.669. The highest BCUT2D eigenvalue weighted by atomic mass is 79.9. The molecule has 3 rings (SSSR count). The topological polar surface area (TPSA) is 70.1 Å². The summed E-state index contributed by atoms with van der Waals surface area (Å²) in [5.41, 5.74) is 2.21. The number of rotatable bonds is 8. The highest BCUT2D eigenvalue weighted by Gasteiger charge is 2.45. The van der Waals surface area contributed by atoms with Gasteiger partial charge in [-0.05, 0) is 68.4 Å². The van der Waals surface area contributed by atoms with Crippen molar-refractivity contribution < 1.29 is 19.4 Å². The number of hydrogen-bond donors (Lipinski definition) is 1. The molecule has 0 saturated carbocycles. The largest absolute Gasteiger partial charge is 0.507 e. The maximum atomic E-state index is 13.1. The third-order valence-electron chi connectivity index (χ3n) is 5.53. The van der Waals surface area contributed by atoms with Gasteiger partial charge in [0.1, 0.15) is 11.5 Å². The molecule has 2 aromatic carbocycles. The van der Waals surface area contributed by atoms with E-state index in [2.05, 4.69) is 29.8 Å². The average Bonchev–Trinajstić information content (AvgIpc) is 3.01. The molecule has 1 atom stereocenters. The molecule has 0 spiro atoms. The highest BCUT2D eigenvalue weighted by Crippen LogP contribution is 2.40. The van der Waals surface area contributed by atoms with Gasteiger partial charge < -0.3 is 19.6 Å². The van der Waals surface area contributed by atoms with Crippen LogP contribution in [0.4, 0.5) is 0 Å². The SMILES string of the molecule is Cc1cc(C(O)=C2C(=O)C(=O)N(CCN(C)C)[C@@H]2c2ccc(Br)cc2)ccc1OCC(C)C. The van der Waals surface area contributed by atoms with Crippen LogP contribution in [0, 0.1) is 12.8 Å². The quantitative estimate of drug-likeness (QED) is 0.312. The number of nitrogens with zero attached hydrogens (tertiary/aromatic N) is 2. The fourth-order valence-electron chi connectivity index (χ4n) is 3.78. The number of likely N-dealkylation sites (tertiary alicyclic amines) is 1. The van der Waals surface area contributed by atoms with Crippen molar-refractivity contribution in [2.45, 2.75) is 26.8 Å². The number of ketones is 1. The number of aliphatic hydroxyl groups excluding tert-OH is 1. The Morgan fingerprint density at radius 3 is 2.39 bits per heavy atom. The summed E-state index contributed by atoms with van der Waals surface area (Å²) in [4.78, 5) is 29.6. The van der Waals surface area contributed by atoms with E-state index >= 15 is 0 Å². The van der Waals surface area contributed by atoms with Crippen LogP contribution in [-0.2, 0) is 9.59 Å². The Morgan fingerprint density at radius 1 is 1.15 bits per heavy atom. The summed E-state index contributed by atoms with van der Waals surface area (Å²) in [6.07, 6.45) is 0. The summed E-state index contributed by atoms with van der Waals surface area (Å²) in [6.45, 7) is 7.61. The molecule has 0 aliphatic carbocycles. The fraction of sp³-hybridized carbons (Fsp3) is 0.385. The third kappa shape index (κ3) is 5.65. The van der Waals surface area contributed by atoms with Gasteiger partial charge >= 0.3 is 0 Å². The Hall–Kier alpha value is -2.64. The highest BCUT2D eigenvalue weighted by molar-refractivity contribution is 9.10. The lowest BCUT2D eigenvalue weighted by molar-refractivity contribution is -0.140. The Balaban J connectivity index is 2.06. The van der Waals surface area contributed by atoms with Gasteiger partial charge in [0.05, 0.1) is 18.2 Å². The molecule has 1 aliphatic heterocycles. The van der Waals surface area contributed by atoms with Crippen molar-refractivity contribution in [3.05, 3.63) is 69.2 Å². The summed E-state index contributed by atoms with van der Waals surface area (Å²) in [6, 6.07) is 12.1. The molecular formula is C26H31BrN2O4. The van der Waals surface area contributed by atoms with Crippen LogP contribution in [0.5, 0.6) is 5.75 Å². The number of aliphatic hydroxyl groups is 1. The van der Waals surface area contributed by atoms with Crippen LogP contribution in [0.25, 0.3) is 5.76 Å². The van der Waals surface area contributed by atoms with E-state index in [1.807, 2.05) is 50.2 Å². The predicted molar refractivity (Wildman–Crippen MR) is 133 cm³/mol. The number of benzene rings is 2. The fourth-order valence-corrected chi connectivity index (χ4v) is 4.04. The molecule has 0 radical (unpaired) electrons. The first-order valence-electron chi connectivity index (χ1n) is 11.0. The van der Waals surface area contributed by atoms with Gasteiger partial charge in [0.25, 0.3) is 11.7 Å². The van der Waals surface area contributed by atoms with E-state index in [1.54, 1.807) is 23.1 Å². The normalized spacial score (nSPS) is 17.9. The Labute approximate surface area is 204 Å². The maximum Gasteiger partial charge on any atom is 0.295 e. The molecule has 1 saturated heterocycles. The molecule has 1 aliphatic rings. The number of halogens is 1. The Bertz CT molecular complexity index is 1060. The number of ether oxygens (including phenoxy) is 1. The summed E-state index contributed by atoms with van der Waals surface area (Å²) in [5, 5.41) is 11.2. The van der Waals surface area contributed by atoms with Crippen LogP contribution in [0.1, 0.15) is 36.6 Å². The first kappa shape index (κ1) is 25.0. The summed E-state index contributed by atoms with van der Waals surface area (Å²) in [5.74, 6) is -0.318. The second-order valence-corrected chi connectivity index (χ2v) is 9.95. The maximum absolute atomic E-state index is 13.1. The van der Waals surface area contributed by atoms with Crippen molar-refractivity contribution in [1.82, 2.24) is 9.80 Å². The van der Waals surface area contributed by atoms with Gasteiger partial charge in [-0.1, -0.05) is 41.9 Å². The summed E-state index contributed by atoms with van der Waals surface area (Å²) < 4.78 is 6.73. The lowest BCUT2D eigenvalue weighted by Gasteiger charge is -2.26. The zero-order chi connectivity index (χ0) is 24.3. The number of amides is 1. The molecule has 1 heterocycles. The minimum absolute atomic E-state index is 0.108. The van der Waals surface area contributed by atoms with Gasteiger partial charge in [0, 0.05) is 23.1 Å². The Kier molecular flexibility index (Phi) is 7.97. The number of carbonyl (C=O) groups is 2. The van der Waals surface area contributed by atoms with Crippen LogP contribution in [0.3, 0.4) is 0 Å². The van der Waals surface area contributed by atoms with Crippen molar-refractivity contribution in [2.24, 2.45) is 5.92 Å². The predicted octanol–water partition coefficient (Wildman–Crippen LogP) is 4.78. The van der Waals surface area contributed by atoms with Gasteiger partial charge in [-0.3, -0.25) is 9.59 Å². The number of hydrogen-bond acceptors (Lipinski definition) is 5. The minimum Gasteiger partial charge on any atom is -0.507 e. The second-order valence-electron chi connectivity index (χ2n) is 9.03. The van der Waals surface area contributed by atoms with Gasteiger partial charge in [-0.2, -0.15) is 0 Å². The molecule has 176 valence electrons. The van der Waals surface area contributed by atoms with Crippen LogP contribution >= 0.6 is 15.9 Å². The first-order valence-corrected chi connectivity index (χ1v) is 11.8. The smallest absolute Gasteiger partial charge is 0.295 e. The molecular weight excluding hydrogens is 484 g/mol. The second kappa shape index (κ2) is 10.5. The third-order valence-corrected chi connectivity index (χ3v) is 6.06. The van der Waals surface area contributed by atoms with Gasteiger partial charge in [0.15, 0.2) is 0 Å². The molecule has 1 amide bonds. The number of carbonyl (C=O) groups excluding carboxylic acids is 2. The van der Waals surface area contributed by atoms with Gasteiger partial charge in [-0.15, -0.1) is 0 Å². The molecule has 0 unspecified atom stereocenters. The lowest BCUT2D eigenvalue weighted by Crippen LogP contribution is -2.35. The average molecular weight is 515 g/mol. The van der Waals surface area contributed by atoms with Crippen molar-refractivity contribution >= 4 is 33.4 Å². The summed E-state index contributed by atoms with van der Waals surface area (Å²) >= 11 is 3.43. The van der Waals surface area contributed by atoms with Gasteiger partial charge in [-0.25, -0.2) is 0 Å². The first-order chi connectivity index (χ1) is 15.6. The van der Waals surface area contributed by atoms with E-state index in [1.165, 1.54) is 0 Å². The summed E-state index contributed by atoms with van der Waals surface area (Å²) in [7, 11) is 3.83. The van der Waals surface area contributed by atoms with Crippen LogP contribution in [0.15, 0.2) is 52.5 Å². The van der Waals surface area contributed by atoms with Crippen LogP contribution in [-0.4, -0.2) is 60.4 Å². The van der Waals surface area contributed by atoms with Crippen LogP contribution in [0.2, 0.25) is 0 Å². The molecule has 33 heavy (non-hydrogen) atoms. The van der Waals surface area contributed by atoms with Crippen molar-refractivity contribution in [3.8, 4) is 5.75 Å². The van der Waals surface area contributed by atoms with Crippen LogP contribution < -0.4 is 4.74 Å². The van der Waals surface area contributed by atoms with Crippen molar-refractivity contribution in [2.75, 3.05) is 33.8 Å². The number of aryl methyl sites for hydroxylation is 1. The zero-order valence-corrected chi connectivity index (χ0v) is 21.3. The van der Waals surface area contributed by atoms with E-state index < -0.39 is 17.7 Å². The monoisotopic (exact) mass is 514 g/mol. The standard InChI is InChI=1S/C26H31BrN2O4/c1-16(2)15-33-21-11-8-19(14-17(21)3)24(30)22-23(18-6-9-20(27)10-7-18)29(13-12-28(4)5)26(32)25(22)31/h6-11,14,16,23,30H,12-13,15H2,1-5H3/t23-/m1/s1. The molecule has 1 fully saturated rings. The number of likely N-dealkylation sites (N-methyl/N-ethyl adjacent to an activating group) is 1. The van der Waals surface area contributed by atoms with Crippen molar-refractivity contribution in [1.29, 1.82) is 0 Å².